The minimum Gasteiger partial charge on any atom is -0.126 e. The average Bonchev–Trinajstić information content (AvgIpc) is 2.42. The lowest BCUT2D eigenvalue weighted by Crippen LogP contribution is -2.35. The van der Waals surface area contributed by atoms with Gasteiger partial charge in [0, 0.05) is 5.88 Å². The molecule has 0 saturated heterocycles. The maximum atomic E-state index is 6.44. The fourth-order valence-electron chi connectivity index (χ4n) is 3.85. The van der Waals surface area contributed by atoms with Crippen LogP contribution < -0.4 is 0 Å². The third-order valence-electron chi connectivity index (χ3n) is 5.62. The first-order chi connectivity index (χ1) is 9.76. The Morgan fingerprint density at radius 1 is 1.14 bits per heavy atom. The van der Waals surface area contributed by atoms with Gasteiger partial charge in [0.15, 0.2) is 0 Å². The average molecular weight is 307 g/mol. The molecule has 1 aromatic rings. The Hall–Kier alpha value is -0.490. The van der Waals surface area contributed by atoms with E-state index in [0.29, 0.717) is 10.8 Å². The van der Waals surface area contributed by atoms with Gasteiger partial charge in [0.05, 0.1) is 0 Å². The summed E-state index contributed by atoms with van der Waals surface area (Å²) in [6.45, 7) is 11.6. The lowest BCUT2D eigenvalue weighted by atomic mass is 9.63. The zero-order valence-corrected chi connectivity index (χ0v) is 15.2. The molecule has 0 bridgehead atoms. The number of hydrogen-bond donors (Lipinski definition) is 0. The van der Waals surface area contributed by atoms with E-state index >= 15 is 0 Å². The summed E-state index contributed by atoms with van der Waals surface area (Å²) in [7, 11) is 0. The number of alkyl halides is 1. The van der Waals surface area contributed by atoms with Gasteiger partial charge in [0.2, 0.25) is 0 Å². The van der Waals surface area contributed by atoms with Gasteiger partial charge in [0.1, 0.15) is 0 Å². The maximum absolute atomic E-state index is 6.44. The van der Waals surface area contributed by atoms with Crippen LogP contribution in [0.1, 0.15) is 63.1 Å². The Balaban J connectivity index is 2.12. The SMILES string of the molecule is Cc1ccc(C)c(CC2(CCl)CCC(C(C)(C)C)CC2)c1. The van der Waals surface area contributed by atoms with Crippen LogP contribution in [0.5, 0.6) is 0 Å². The second kappa shape index (κ2) is 6.32. The third-order valence-corrected chi connectivity index (χ3v) is 6.19. The molecule has 21 heavy (non-hydrogen) atoms. The predicted octanol–water partition coefficient (Wildman–Crippen LogP) is 6.31. The molecule has 0 radical (unpaired) electrons. The molecule has 0 amide bonds. The van der Waals surface area contributed by atoms with Crippen molar-refractivity contribution in [2.24, 2.45) is 16.7 Å². The molecule has 0 atom stereocenters. The summed E-state index contributed by atoms with van der Waals surface area (Å²) < 4.78 is 0. The van der Waals surface area contributed by atoms with E-state index in [9.17, 15) is 0 Å². The van der Waals surface area contributed by atoms with Crippen LogP contribution in [0, 0.1) is 30.6 Å². The first kappa shape index (κ1) is 16.9. The summed E-state index contributed by atoms with van der Waals surface area (Å²) in [6.07, 6.45) is 6.39. The largest absolute Gasteiger partial charge is 0.126 e. The van der Waals surface area contributed by atoms with Gasteiger partial charge in [0.25, 0.3) is 0 Å². The zero-order chi connectivity index (χ0) is 15.7. The highest BCUT2D eigenvalue weighted by molar-refractivity contribution is 6.18. The van der Waals surface area contributed by atoms with Crippen LogP contribution >= 0.6 is 11.6 Å². The van der Waals surface area contributed by atoms with Crippen LogP contribution in [0.25, 0.3) is 0 Å². The van der Waals surface area contributed by atoms with Gasteiger partial charge in [-0.15, -0.1) is 11.6 Å². The van der Waals surface area contributed by atoms with Crippen LogP contribution in [0.3, 0.4) is 0 Å². The van der Waals surface area contributed by atoms with Crippen molar-refractivity contribution in [3.8, 4) is 0 Å². The lowest BCUT2D eigenvalue weighted by molar-refractivity contribution is 0.102. The topological polar surface area (TPSA) is 0 Å². The molecule has 118 valence electrons. The van der Waals surface area contributed by atoms with E-state index in [1.54, 1.807) is 0 Å². The standard InChI is InChI=1S/C20H31Cl/c1-15-6-7-16(2)17(12-15)13-20(14-21)10-8-18(9-11-20)19(3,4)5/h6-7,12,18H,8-11,13-14H2,1-5H3. The first-order valence-corrected chi connectivity index (χ1v) is 8.91. The van der Waals surface area contributed by atoms with E-state index in [-0.39, 0.29) is 0 Å². The van der Waals surface area contributed by atoms with Gasteiger partial charge in [-0.25, -0.2) is 0 Å². The van der Waals surface area contributed by atoms with Crippen molar-refractivity contribution in [2.45, 2.75) is 66.7 Å². The Labute approximate surface area is 136 Å². The van der Waals surface area contributed by atoms with E-state index in [4.69, 9.17) is 11.6 Å². The number of aryl methyl sites for hydroxylation is 2. The van der Waals surface area contributed by atoms with E-state index in [1.807, 2.05) is 0 Å². The highest BCUT2D eigenvalue weighted by Gasteiger charge is 2.38. The molecule has 0 aliphatic heterocycles. The number of halogens is 1. The molecule has 1 aromatic carbocycles. The molecule has 0 N–H and O–H groups in total. The molecular weight excluding hydrogens is 276 g/mol. The van der Waals surface area contributed by atoms with Gasteiger partial charge < -0.3 is 0 Å². The fraction of sp³-hybridized carbons (Fsp3) is 0.700. The van der Waals surface area contributed by atoms with Crippen LogP contribution in [-0.2, 0) is 6.42 Å². The predicted molar refractivity (Wildman–Crippen MR) is 94.2 cm³/mol. The number of benzene rings is 1. The van der Waals surface area contributed by atoms with E-state index in [0.717, 1.165) is 18.2 Å². The van der Waals surface area contributed by atoms with Gasteiger partial charge in [-0.05, 0) is 73.8 Å². The summed E-state index contributed by atoms with van der Waals surface area (Å²) in [4.78, 5) is 0. The maximum Gasteiger partial charge on any atom is 0.0283 e. The molecule has 0 heterocycles. The Bertz CT molecular complexity index is 473. The highest BCUT2D eigenvalue weighted by atomic mass is 35.5. The van der Waals surface area contributed by atoms with Crippen LogP contribution in [0.15, 0.2) is 18.2 Å². The van der Waals surface area contributed by atoms with Crippen LogP contribution in [-0.4, -0.2) is 5.88 Å². The van der Waals surface area contributed by atoms with Gasteiger partial charge >= 0.3 is 0 Å². The second-order valence-corrected chi connectivity index (χ2v) is 8.65. The molecule has 1 heteroatoms. The van der Waals surface area contributed by atoms with Gasteiger partial charge in [-0.2, -0.15) is 0 Å². The molecule has 0 aromatic heterocycles. The summed E-state index contributed by atoms with van der Waals surface area (Å²) in [6, 6.07) is 6.83. The quantitative estimate of drug-likeness (QED) is 0.574. The van der Waals surface area contributed by atoms with Gasteiger partial charge in [-0.3, -0.25) is 0 Å². The smallest absolute Gasteiger partial charge is 0.0283 e. The summed E-state index contributed by atoms with van der Waals surface area (Å²) >= 11 is 6.44. The van der Waals surface area contributed by atoms with Crippen LogP contribution in [0.2, 0.25) is 0 Å². The molecule has 1 aliphatic carbocycles. The van der Waals surface area contributed by atoms with Crippen molar-refractivity contribution in [3.05, 3.63) is 34.9 Å². The lowest BCUT2D eigenvalue weighted by Gasteiger charge is -2.43. The summed E-state index contributed by atoms with van der Waals surface area (Å²) in [5, 5.41) is 0. The monoisotopic (exact) mass is 306 g/mol. The third kappa shape index (κ3) is 4.03. The minimum absolute atomic E-state index is 0.321. The van der Waals surface area contributed by atoms with E-state index in [2.05, 4.69) is 52.8 Å². The first-order valence-electron chi connectivity index (χ1n) is 8.38. The van der Waals surface area contributed by atoms with Crippen molar-refractivity contribution in [2.75, 3.05) is 5.88 Å². The Morgan fingerprint density at radius 2 is 1.76 bits per heavy atom. The molecule has 1 saturated carbocycles. The van der Waals surface area contributed by atoms with Crippen molar-refractivity contribution >= 4 is 11.6 Å². The van der Waals surface area contributed by atoms with E-state index < -0.39 is 0 Å². The zero-order valence-electron chi connectivity index (χ0n) is 14.4. The normalized spacial score (nSPS) is 26.9. The van der Waals surface area contributed by atoms with Crippen LogP contribution in [0.4, 0.5) is 0 Å². The molecule has 0 spiro atoms. The Morgan fingerprint density at radius 3 is 2.29 bits per heavy atom. The van der Waals surface area contributed by atoms with E-state index in [1.165, 1.54) is 42.4 Å². The molecule has 1 fully saturated rings. The molecular formula is C20H31Cl. The van der Waals surface area contributed by atoms with Crippen molar-refractivity contribution in [1.82, 2.24) is 0 Å². The molecule has 0 nitrogen and oxygen atoms in total. The molecule has 1 aliphatic rings. The summed E-state index contributed by atoms with van der Waals surface area (Å²) in [5.74, 6) is 1.66. The minimum atomic E-state index is 0.321. The highest BCUT2D eigenvalue weighted by Crippen LogP contribution is 2.47. The molecule has 0 unspecified atom stereocenters. The fourth-order valence-corrected chi connectivity index (χ4v) is 4.21. The number of rotatable bonds is 3. The summed E-state index contributed by atoms with van der Waals surface area (Å²) in [5.41, 5.74) is 5.05. The second-order valence-electron chi connectivity index (χ2n) is 8.38. The van der Waals surface area contributed by atoms with Crippen molar-refractivity contribution in [3.63, 3.8) is 0 Å². The van der Waals surface area contributed by atoms with Gasteiger partial charge in [-0.1, -0.05) is 44.5 Å². The number of hydrogen-bond acceptors (Lipinski definition) is 0. The van der Waals surface area contributed by atoms with Crippen molar-refractivity contribution in [1.29, 1.82) is 0 Å². The Kier molecular flexibility index (Phi) is 5.08. The van der Waals surface area contributed by atoms with Crippen molar-refractivity contribution < 1.29 is 0 Å². The molecule has 2 rings (SSSR count).